The maximum Gasteiger partial charge on any atom is 0.146 e. The fourth-order valence-electron chi connectivity index (χ4n) is 2.67. The third-order valence-corrected chi connectivity index (χ3v) is 4.21. The highest BCUT2D eigenvalue weighted by molar-refractivity contribution is 6.30. The first-order chi connectivity index (χ1) is 9.63. The molecular weight excluding hydrogens is 273 g/mol. The lowest BCUT2D eigenvalue weighted by Crippen LogP contribution is -2.24. The largest absolute Gasteiger partial charge is 0.310 e. The smallest absolute Gasteiger partial charge is 0.146 e. The summed E-state index contributed by atoms with van der Waals surface area (Å²) in [6, 6.07) is 5.34. The molecule has 0 amide bonds. The van der Waals surface area contributed by atoms with Crippen LogP contribution in [0.2, 0.25) is 5.02 Å². The van der Waals surface area contributed by atoms with Gasteiger partial charge >= 0.3 is 0 Å². The van der Waals surface area contributed by atoms with Crippen LogP contribution in [0.1, 0.15) is 64.5 Å². The average molecular weight is 300 g/mol. The van der Waals surface area contributed by atoms with Gasteiger partial charge in [-0.05, 0) is 24.9 Å². The Bertz CT molecular complexity index is 395. The zero-order valence-corrected chi connectivity index (χ0v) is 13.6. The van der Waals surface area contributed by atoms with Gasteiger partial charge in [-0.3, -0.25) is 0 Å². The molecule has 0 radical (unpaired) electrons. The third kappa shape index (κ3) is 5.06. The second-order valence-corrected chi connectivity index (χ2v) is 5.81. The van der Waals surface area contributed by atoms with E-state index in [1.807, 2.05) is 12.1 Å². The lowest BCUT2D eigenvalue weighted by Gasteiger charge is -2.24. The number of benzene rings is 1. The summed E-state index contributed by atoms with van der Waals surface area (Å²) >= 11 is 5.91. The van der Waals surface area contributed by atoms with Crippen molar-refractivity contribution in [1.29, 1.82) is 0 Å². The minimum absolute atomic E-state index is 0.0560. The Labute approximate surface area is 127 Å². The second kappa shape index (κ2) is 9.36. The van der Waals surface area contributed by atoms with Gasteiger partial charge in [-0.2, -0.15) is 0 Å². The minimum atomic E-state index is -0.273. The summed E-state index contributed by atoms with van der Waals surface area (Å²) in [5, 5.41) is 3.62. The summed E-state index contributed by atoms with van der Waals surface area (Å²) in [5.41, 5.74) is 0.703. The van der Waals surface area contributed by atoms with Crippen LogP contribution in [0.3, 0.4) is 0 Å². The fraction of sp³-hybridized carbons (Fsp3) is 0.647. The fourth-order valence-corrected chi connectivity index (χ4v) is 2.85. The van der Waals surface area contributed by atoms with Crippen LogP contribution in [0.25, 0.3) is 0 Å². The molecule has 1 N–H and O–H groups in total. The minimum Gasteiger partial charge on any atom is -0.310 e. The van der Waals surface area contributed by atoms with Gasteiger partial charge in [-0.1, -0.05) is 70.2 Å². The Morgan fingerprint density at radius 3 is 2.60 bits per heavy atom. The molecule has 0 saturated heterocycles. The van der Waals surface area contributed by atoms with Crippen molar-refractivity contribution >= 4 is 11.6 Å². The van der Waals surface area contributed by atoms with Gasteiger partial charge in [0.15, 0.2) is 0 Å². The molecule has 1 rings (SSSR count). The topological polar surface area (TPSA) is 12.0 Å². The van der Waals surface area contributed by atoms with Gasteiger partial charge in [0.1, 0.15) is 5.82 Å². The van der Waals surface area contributed by atoms with Gasteiger partial charge < -0.3 is 5.32 Å². The molecule has 1 aromatic rings. The van der Waals surface area contributed by atoms with Gasteiger partial charge in [0.2, 0.25) is 0 Å². The van der Waals surface area contributed by atoms with Gasteiger partial charge in [-0.15, -0.1) is 0 Å². The summed E-state index contributed by atoms with van der Waals surface area (Å²) in [7, 11) is 0. The lowest BCUT2D eigenvalue weighted by atomic mass is 9.89. The van der Waals surface area contributed by atoms with Crippen molar-refractivity contribution < 1.29 is 4.39 Å². The molecule has 0 spiro atoms. The van der Waals surface area contributed by atoms with Crippen molar-refractivity contribution in [3.8, 4) is 0 Å². The Balaban J connectivity index is 2.84. The molecule has 0 fully saturated rings. The van der Waals surface area contributed by atoms with E-state index >= 15 is 0 Å². The summed E-state index contributed by atoms with van der Waals surface area (Å²) in [5.74, 6) is 0.364. The van der Waals surface area contributed by atoms with Crippen LogP contribution in [0, 0.1) is 11.7 Å². The molecule has 20 heavy (non-hydrogen) atoms. The molecule has 114 valence electrons. The number of hydrogen-bond donors (Lipinski definition) is 1. The molecule has 0 saturated carbocycles. The van der Waals surface area contributed by atoms with Crippen molar-refractivity contribution in [3.05, 3.63) is 34.6 Å². The van der Waals surface area contributed by atoms with Crippen LogP contribution >= 0.6 is 11.6 Å². The number of unbranched alkanes of at least 4 members (excludes halogenated alkanes) is 1. The summed E-state index contributed by atoms with van der Waals surface area (Å²) in [6.45, 7) is 7.33. The number of nitrogens with one attached hydrogen (secondary N) is 1. The molecule has 0 bridgehead atoms. The molecule has 0 aliphatic carbocycles. The molecule has 0 aliphatic rings. The highest BCUT2D eigenvalue weighted by atomic mass is 35.5. The van der Waals surface area contributed by atoms with Crippen LogP contribution in [0.5, 0.6) is 0 Å². The number of hydrogen-bond acceptors (Lipinski definition) is 1. The third-order valence-electron chi connectivity index (χ3n) is 3.92. The molecule has 0 aromatic heterocycles. The SMILES string of the molecule is CCCCC(CC)CC(NCC)c1cccc(Cl)c1F. The van der Waals surface area contributed by atoms with E-state index in [9.17, 15) is 4.39 Å². The Kier molecular flexibility index (Phi) is 8.16. The van der Waals surface area contributed by atoms with E-state index in [1.54, 1.807) is 6.07 Å². The molecule has 3 heteroatoms. The van der Waals surface area contributed by atoms with E-state index in [-0.39, 0.29) is 16.9 Å². The maximum absolute atomic E-state index is 14.2. The van der Waals surface area contributed by atoms with Crippen molar-refractivity contribution in [3.63, 3.8) is 0 Å². The number of halogens is 2. The Morgan fingerprint density at radius 2 is 2.00 bits per heavy atom. The van der Waals surface area contributed by atoms with Crippen molar-refractivity contribution in [2.75, 3.05) is 6.54 Å². The standard InChI is InChI=1S/C17H27ClFN/c1-4-7-9-13(5-2)12-16(20-6-3)14-10-8-11-15(18)17(14)19/h8,10-11,13,16,20H,4-7,9,12H2,1-3H3. The lowest BCUT2D eigenvalue weighted by molar-refractivity contribution is 0.351. The first-order valence-electron chi connectivity index (χ1n) is 7.81. The highest BCUT2D eigenvalue weighted by Crippen LogP contribution is 2.30. The van der Waals surface area contributed by atoms with E-state index in [4.69, 9.17) is 11.6 Å². The Hall–Kier alpha value is -0.600. The van der Waals surface area contributed by atoms with E-state index in [1.165, 1.54) is 19.3 Å². The zero-order chi connectivity index (χ0) is 15.0. The molecule has 0 aliphatic heterocycles. The zero-order valence-electron chi connectivity index (χ0n) is 12.9. The number of rotatable bonds is 9. The molecule has 2 atom stereocenters. The van der Waals surface area contributed by atoms with E-state index in [2.05, 4.69) is 26.1 Å². The molecule has 1 aromatic carbocycles. The van der Waals surface area contributed by atoms with E-state index < -0.39 is 0 Å². The predicted octanol–water partition coefficient (Wildman–Crippen LogP) is 5.74. The van der Waals surface area contributed by atoms with E-state index in [0.717, 1.165) is 19.4 Å². The van der Waals surface area contributed by atoms with Gasteiger partial charge in [0.05, 0.1) is 5.02 Å². The van der Waals surface area contributed by atoms with Crippen molar-refractivity contribution in [2.24, 2.45) is 5.92 Å². The van der Waals surface area contributed by atoms with Gasteiger partial charge in [-0.25, -0.2) is 4.39 Å². The second-order valence-electron chi connectivity index (χ2n) is 5.41. The van der Waals surface area contributed by atoms with Crippen LogP contribution in [-0.4, -0.2) is 6.54 Å². The maximum atomic E-state index is 14.2. The van der Waals surface area contributed by atoms with Crippen LogP contribution < -0.4 is 5.32 Å². The van der Waals surface area contributed by atoms with Crippen molar-refractivity contribution in [2.45, 2.75) is 58.9 Å². The average Bonchev–Trinajstić information content (AvgIpc) is 2.45. The summed E-state index contributed by atoms with van der Waals surface area (Å²) < 4.78 is 14.2. The van der Waals surface area contributed by atoms with Crippen LogP contribution in [-0.2, 0) is 0 Å². The normalized spacial score (nSPS) is 14.2. The quantitative estimate of drug-likeness (QED) is 0.613. The molecular formula is C17H27ClFN. The summed E-state index contributed by atoms with van der Waals surface area (Å²) in [6.07, 6.45) is 5.80. The predicted molar refractivity (Wildman–Crippen MR) is 85.8 cm³/mol. The van der Waals surface area contributed by atoms with Crippen molar-refractivity contribution in [1.82, 2.24) is 5.32 Å². The first kappa shape index (κ1) is 17.5. The van der Waals surface area contributed by atoms with Crippen LogP contribution in [0.15, 0.2) is 18.2 Å². The van der Waals surface area contributed by atoms with Gasteiger partial charge in [0, 0.05) is 11.6 Å². The Morgan fingerprint density at radius 1 is 1.25 bits per heavy atom. The molecule has 0 heterocycles. The van der Waals surface area contributed by atoms with Gasteiger partial charge in [0.25, 0.3) is 0 Å². The molecule has 2 unspecified atom stereocenters. The first-order valence-corrected chi connectivity index (χ1v) is 8.19. The monoisotopic (exact) mass is 299 g/mol. The highest BCUT2D eigenvalue weighted by Gasteiger charge is 2.20. The molecule has 1 nitrogen and oxygen atoms in total. The van der Waals surface area contributed by atoms with Crippen LogP contribution in [0.4, 0.5) is 4.39 Å². The van der Waals surface area contributed by atoms with E-state index in [0.29, 0.717) is 11.5 Å². The summed E-state index contributed by atoms with van der Waals surface area (Å²) in [4.78, 5) is 0.